The fourth-order valence-corrected chi connectivity index (χ4v) is 4.14. The molecule has 0 bridgehead atoms. The van der Waals surface area contributed by atoms with Crippen molar-refractivity contribution >= 4 is 22.4 Å². The van der Waals surface area contributed by atoms with Crippen molar-refractivity contribution in [2.75, 3.05) is 0 Å². The summed E-state index contributed by atoms with van der Waals surface area (Å²) in [5.41, 5.74) is 5.23. The Hall–Kier alpha value is -2.88. The number of aromatic hydroxyl groups is 1. The van der Waals surface area contributed by atoms with Gasteiger partial charge in [0, 0.05) is 16.5 Å². The SMILES string of the molecule is CCCC/C(=N\N=C(/C)C1(c2ccc(O)cc2)CCC1)c1ccc2occc2c1. The third-order valence-corrected chi connectivity index (χ3v) is 6.19. The van der Waals surface area contributed by atoms with E-state index in [1.807, 2.05) is 24.3 Å². The number of phenolic OH excluding ortho intramolecular Hbond substituents is 1. The average Bonchev–Trinajstić information content (AvgIpc) is 3.16. The van der Waals surface area contributed by atoms with Crippen LogP contribution >= 0.6 is 0 Å². The maximum atomic E-state index is 9.64. The Morgan fingerprint density at radius 1 is 1.07 bits per heavy atom. The van der Waals surface area contributed by atoms with Gasteiger partial charge in [-0.3, -0.25) is 0 Å². The molecule has 29 heavy (non-hydrogen) atoms. The largest absolute Gasteiger partial charge is 0.508 e. The summed E-state index contributed by atoms with van der Waals surface area (Å²) in [5, 5.41) is 20.2. The van der Waals surface area contributed by atoms with E-state index in [1.54, 1.807) is 18.4 Å². The molecule has 1 aliphatic carbocycles. The van der Waals surface area contributed by atoms with Crippen molar-refractivity contribution in [2.24, 2.45) is 10.2 Å². The number of furan rings is 1. The molecular weight excluding hydrogens is 360 g/mol. The second kappa shape index (κ2) is 8.24. The molecule has 4 nitrogen and oxygen atoms in total. The van der Waals surface area contributed by atoms with Crippen molar-refractivity contribution < 1.29 is 9.52 Å². The van der Waals surface area contributed by atoms with Crippen molar-refractivity contribution in [1.29, 1.82) is 0 Å². The first kappa shape index (κ1) is 19.4. The molecule has 1 fully saturated rings. The maximum Gasteiger partial charge on any atom is 0.133 e. The fraction of sp³-hybridized carbons (Fsp3) is 0.360. The number of phenols is 1. The molecule has 1 aromatic heterocycles. The zero-order valence-electron chi connectivity index (χ0n) is 17.2. The Balaban J connectivity index is 1.67. The summed E-state index contributed by atoms with van der Waals surface area (Å²) in [6.07, 6.45) is 8.17. The predicted molar refractivity (Wildman–Crippen MR) is 119 cm³/mol. The molecule has 1 heterocycles. The highest BCUT2D eigenvalue weighted by molar-refractivity contribution is 6.03. The molecule has 0 spiro atoms. The lowest BCUT2D eigenvalue weighted by atomic mass is 9.62. The summed E-state index contributed by atoms with van der Waals surface area (Å²) in [7, 11) is 0. The van der Waals surface area contributed by atoms with Gasteiger partial charge in [0.25, 0.3) is 0 Å². The van der Waals surface area contributed by atoms with Crippen LogP contribution in [0.15, 0.2) is 69.4 Å². The molecule has 0 atom stereocenters. The van der Waals surface area contributed by atoms with Gasteiger partial charge in [-0.2, -0.15) is 10.2 Å². The van der Waals surface area contributed by atoms with Crippen LogP contribution in [0.1, 0.15) is 63.5 Å². The number of fused-ring (bicyclic) bond motifs is 1. The first-order chi connectivity index (χ1) is 14.1. The topological polar surface area (TPSA) is 58.1 Å². The normalized spacial score (nSPS) is 16.8. The van der Waals surface area contributed by atoms with Crippen LogP contribution in [0.2, 0.25) is 0 Å². The highest BCUT2D eigenvalue weighted by atomic mass is 16.3. The third-order valence-electron chi connectivity index (χ3n) is 6.19. The minimum Gasteiger partial charge on any atom is -0.508 e. The van der Waals surface area contributed by atoms with Crippen LogP contribution in [0, 0.1) is 0 Å². The molecule has 1 aliphatic rings. The third kappa shape index (κ3) is 3.84. The summed E-state index contributed by atoms with van der Waals surface area (Å²) in [6, 6.07) is 15.8. The molecule has 0 amide bonds. The molecule has 0 saturated heterocycles. The summed E-state index contributed by atoms with van der Waals surface area (Å²) in [4.78, 5) is 0. The van der Waals surface area contributed by atoms with Crippen LogP contribution in [-0.4, -0.2) is 16.5 Å². The molecule has 2 aromatic carbocycles. The standard InChI is InChI=1S/C25H28N2O2/c1-3-4-6-23(19-7-12-24-20(17-19)13-16-29-24)27-26-18(2)25(14-5-15-25)21-8-10-22(28)11-9-21/h7-13,16-17,28H,3-6,14-15H2,1-2H3/b26-18+,27-23+. The van der Waals surface area contributed by atoms with Gasteiger partial charge in [-0.25, -0.2) is 0 Å². The van der Waals surface area contributed by atoms with E-state index in [9.17, 15) is 5.11 Å². The van der Waals surface area contributed by atoms with E-state index in [0.717, 1.165) is 60.1 Å². The monoisotopic (exact) mass is 388 g/mol. The molecule has 4 rings (SSSR count). The van der Waals surface area contributed by atoms with E-state index in [0.29, 0.717) is 5.75 Å². The van der Waals surface area contributed by atoms with E-state index in [-0.39, 0.29) is 5.41 Å². The summed E-state index contributed by atoms with van der Waals surface area (Å²) in [6.45, 7) is 4.28. The maximum absolute atomic E-state index is 9.64. The van der Waals surface area contributed by atoms with Gasteiger partial charge in [-0.15, -0.1) is 0 Å². The highest BCUT2D eigenvalue weighted by Crippen LogP contribution is 2.45. The Kier molecular flexibility index (Phi) is 5.52. The second-order valence-electron chi connectivity index (χ2n) is 7.99. The minimum absolute atomic E-state index is 0.0540. The average molecular weight is 389 g/mol. The molecule has 0 aliphatic heterocycles. The zero-order chi connectivity index (χ0) is 20.3. The number of hydrogen-bond acceptors (Lipinski definition) is 4. The highest BCUT2D eigenvalue weighted by Gasteiger charge is 2.41. The van der Waals surface area contributed by atoms with Crippen LogP contribution < -0.4 is 0 Å². The Bertz CT molecular complexity index is 1040. The van der Waals surface area contributed by atoms with Crippen LogP contribution in [0.4, 0.5) is 0 Å². The fourth-order valence-electron chi connectivity index (χ4n) is 4.14. The van der Waals surface area contributed by atoms with Gasteiger partial charge in [0.2, 0.25) is 0 Å². The van der Waals surface area contributed by atoms with Gasteiger partial charge in [0.05, 0.1) is 12.0 Å². The predicted octanol–water partition coefficient (Wildman–Crippen LogP) is 6.62. The Labute approximate surface area is 172 Å². The Morgan fingerprint density at radius 3 is 2.55 bits per heavy atom. The van der Waals surface area contributed by atoms with Crippen molar-refractivity contribution in [2.45, 2.75) is 57.8 Å². The van der Waals surface area contributed by atoms with Crippen LogP contribution in [0.5, 0.6) is 5.75 Å². The molecule has 4 heteroatoms. The van der Waals surface area contributed by atoms with Gasteiger partial charge in [-0.05, 0) is 80.1 Å². The molecule has 150 valence electrons. The minimum atomic E-state index is -0.0540. The van der Waals surface area contributed by atoms with E-state index in [4.69, 9.17) is 14.6 Å². The lowest BCUT2D eigenvalue weighted by Gasteiger charge is -2.42. The van der Waals surface area contributed by atoms with Gasteiger partial charge < -0.3 is 9.52 Å². The van der Waals surface area contributed by atoms with Gasteiger partial charge >= 0.3 is 0 Å². The number of nitrogens with zero attached hydrogens (tertiary/aromatic N) is 2. The zero-order valence-corrected chi connectivity index (χ0v) is 17.2. The lowest BCUT2D eigenvalue weighted by Crippen LogP contribution is -2.41. The molecule has 0 unspecified atom stereocenters. The van der Waals surface area contributed by atoms with E-state index in [2.05, 4.69) is 26.0 Å². The lowest BCUT2D eigenvalue weighted by molar-refractivity contribution is 0.338. The molecule has 0 radical (unpaired) electrons. The van der Waals surface area contributed by atoms with Crippen LogP contribution in [0.3, 0.4) is 0 Å². The first-order valence-electron chi connectivity index (χ1n) is 10.5. The van der Waals surface area contributed by atoms with E-state index < -0.39 is 0 Å². The van der Waals surface area contributed by atoms with Crippen molar-refractivity contribution in [3.63, 3.8) is 0 Å². The number of hydrogen-bond donors (Lipinski definition) is 1. The van der Waals surface area contributed by atoms with Crippen molar-refractivity contribution in [1.82, 2.24) is 0 Å². The number of unbranched alkanes of at least 4 members (excludes halogenated alkanes) is 1. The molecule has 3 aromatic rings. The van der Waals surface area contributed by atoms with Gasteiger partial charge in [0.1, 0.15) is 11.3 Å². The quantitative estimate of drug-likeness (QED) is 0.365. The molecular formula is C25H28N2O2. The first-order valence-corrected chi connectivity index (χ1v) is 10.5. The Morgan fingerprint density at radius 2 is 1.86 bits per heavy atom. The molecule has 1 saturated carbocycles. The number of benzene rings is 2. The smallest absolute Gasteiger partial charge is 0.133 e. The van der Waals surface area contributed by atoms with E-state index >= 15 is 0 Å². The number of rotatable bonds is 7. The van der Waals surface area contributed by atoms with Crippen molar-refractivity contribution in [3.05, 3.63) is 65.9 Å². The summed E-state index contributed by atoms with van der Waals surface area (Å²) in [5.74, 6) is 0.298. The van der Waals surface area contributed by atoms with Gasteiger partial charge in [-0.1, -0.05) is 31.9 Å². The van der Waals surface area contributed by atoms with Crippen LogP contribution in [-0.2, 0) is 5.41 Å². The van der Waals surface area contributed by atoms with Crippen molar-refractivity contribution in [3.8, 4) is 5.75 Å². The summed E-state index contributed by atoms with van der Waals surface area (Å²) < 4.78 is 5.47. The van der Waals surface area contributed by atoms with E-state index in [1.165, 1.54) is 12.0 Å². The second-order valence-corrected chi connectivity index (χ2v) is 7.99. The van der Waals surface area contributed by atoms with Crippen LogP contribution in [0.25, 0.3) is 11.0 Å². The summed E-state index contributed by atoms with van der Waals surface area (Å²) >= 11 is 0. The molecule has 1 N–H and O–H groups in total. The van der Waals surface area contributed by atoms with Gasteiger partial charge in [0.15, 0.2) is 0 Å².